The quantitative estimate of drug-likeness (QED) is 0.904. The summed E-state index contributed by atoms with van der Waals surface area (Å²) >= 11 is 0. The molecule has 0 radical (unpaired) electrons. The summed E-state index contributed by atoms with van der Waals surface area (Å²) in [5.41, 5.74) is 1.38. The highest BCUT2D eigenvalue weighted by Crippen LogP contribution is 2.20. The standard InChI is InChI=1S/C19H21F2N3O/c20-15-5-7-16(8-6-15)22-10-9-19(25)24-13-11-23(12-14-24)18-4-2-1-3-17(18)21/h1-8,22H,9-14H2. The first-order chi connectivity index (χ1) is 12.1. The number of anilines is 2. The lowest BCUT2D eigenvalue weighted by atomic mass is 10.2. The number of halogens is 2. The van der Waals surface area contributed by atoms with Gasteiger partial charge in [0.2, 0.25) is 5.91 Å². The third kappa shape index (κ3) is 4.47. The number of carbonyl (C=O) groups excluding carboxylic acids is 1. The maximum absolute atomic E-state index is 13.8. The summed E-state index contributed by atoms with van der Waals surface area (Å²) in [6.45, 7) is 2.92. The monoisotopic (exact) mass is 345 g/mol. The van der Waals surface area contributed by atoms with Crippen LogP contribution in [0.3, 0.4) is 0 Å². The Morgan fingerprint density at radius 1 is 0.960 bits per heavy atom. The first kappa shape index (κ1) is 17.2. The summed E-state index contributed by atoms with van der Waals surface area (Å²) in [5.74, 6) is -0.442. The second-order valence-electron chi connectivity index (χ2n) is 6.00. The van der Waals surface area contributed by atoms with Crippen LogP contribution in [-0.2, 0) is 4.79 Å². The zero-order valence-corrected chi connectivity index (χ0v) is 13.9. The molecule has 2 aromatic carbocycles. The van der Waals surface area contributed by atoms with Gasteiger partial charge >= 0.3 is 0 Å². The normalized spacial score (nSPS) is 14.5. The SMILES string of the molecule is O=C(CCNc1ccc(F)cc1)N1CCN(c2ccccc2F)CC1. The van der Waals surface area contributed by atoms with Crippen molar-refractivity contribution in [3.63, 3.8) is 0 Å². The van der Waals surface area contributed by atoms with Gasteiger partial charge in [0, 0.05) is 44.8 Å². The zero-order chi connectivity index (χ0) is 17.6. The summed E-state index contributed by atoms with van der Waals surface area (Å²) in [5, 5.41) is 3.11. The summed E-state index contributed by atoms with van der Waals surface area (Å²) < 4.78 is 26.7. The van der Waals surface area contributed by atoms with Crippen molar-refractivity contribution in [1.82, 2.24) is 4.90 Å². The largest absolute Gasteiger partial charge is 0.385 e. The van der Waals surface area contributed by atoms with Crippen LogP contribution >= 0.6 is 0 Å². The van der Waals surface area contributed by atoms with E-state index in [4.69, 9.17) is 0 Å². The van der Waals surface area contributed by atoms with E-state index in [0.29, 0.717) is 44.8 Å². The van der Waals surface area contributed by atoms with Gasteiger partial charge in [-0.15, -0.1) is 0 Å². The third-order valence-electron chi connectivity index (χ3n) is 4.34. The summed E-state index contributed by atoms with van der Waals surface area (Å²) in [6.07, 6.45) is 0.372. The van der Waals surface area contributed by atoms with E-state index in [0.717, 1.165) is 5.69 Å². The molecular weight excluding hydrogens is 324 g/mol. The molecule has 1 N–H and O–H groups in total. The molecule has 1 aliphatic heterocycles. The van der Waals surface area contributed by atoms with Crippen molar-refractivity contribution in [3.8, 4) is 0 Å². The van der Waals surface area contributed by atoms with Crippen LogP contribution in [0.25, 0.3) is 0 Å². The number of hydrogen-bond acceptors (Lipinski definition) is 3. The van der Waals surface area contributed by atoms with Crippen LogP contribution in [0, 0.1) is 11.6 Å². The molecule has 1 fully saturated rings. The first-order valence-corrected chi connectivity index (χ1v) is 8.40. The van der Waals surface area contributed by atoms with Crippen molar-refractivity contribution in [2.24, 2.45) is 0 Å². The van der Waals surface area contributed by atoms with Crippen molar-refractivity contribution >= 4 is 17.3 Å². The fourth-order valence-corrected chi connectivity index (χ4v) is 2.94. The molecule has 6 heteroatoms. The summed E-state index contributed by atoms with van der Waals surface area (Å²) in [4.78, 5) is 16.1. The molecule has 0 aliphatic carbocycles. The van der Waals surface area contributed by atoms with Gasteiger partial charge in [0.1, 0.15) is 11.6 Å². The van der Waals surface area contributed by atoms with Gasteiger partial charge in [-0.05, 0) is 36.4 Å². The predicted molar refractivity (Wildman–Crippen MR) is 94.7 cm³/mol. The third-order valence-corrected chi connectivity index (χ3v) is 4.34. The fraction of sp³-hybridized carbons (Fsp3) is 0.316. The molecule has 0 spiro atoms. The van der Waals surface area contributed by atoms with Crippen LogP contribution in [0.15, 0.2) is 48.5 Å². The summed E-state index contributed by atoms with van der Waals surface area (Å²) in [7, 11) is 0. The molecule has 0 aromatic heterocycles. The van der Waals surface area contributed by atoms with E-state index in [1.807, 2.05) is 15.9 Å². The van der Waals surface area contributed by atoms with Crippen LogP contribution in [0.1, 0.15) is 6.42 Å². The number of rotatable bonds is 5. The molecule has 2 aromatic rings. The van der Waals surface area contributed by atoms with Gasteiger partial charge in [-0.2, -0.15) is 0 Å². The number of benzene rings is 2. The first-order valence-electron chi connectivity index (χ1n) is 8.40. The number of nitrogens with zero attached hydrogens (tertiary/aromatic N) is 2. The van der Waals surface area contributed by atoms with Crippen molar-refractivity contribution < 1.29 is 13.6 Å². The molecule has 0 unspecified atom stereocenters. The van der Waals surface area contributed by atoms with Gasteiger partial charge in [-0.3, -0.25) is 4.79 Å². The molecule has 1 aliphatic rings. The minimum atomic E-state index is -0.283. The van der Waals surface area contributed by atoms with Crippen LogP contribution in [0.2, 0.25) is 0 Å². The van der Waals surface area contributed by atoms with E-state index in [1.165, 1.54) is 18.2 Å². The van der Waals surface area contributed by atoms with Crippen LogP contribution in [0.5, 0.6) is 0 Å². The Hall–Kier alpha value is -2.63. The van der Waals surface area contributed by atoms with E-state index < -0.39 is 0 Å². The molecule has 1 amide bonds. The van der Waals surface area contributed by atoms with Gasteiger partial charge in [-0.25, -0.2) is 8.78 Å². The second-order valence-corrected chi connectivity index (χ2v) is 6.00. The predicted octanol–water partition coefficient (Wildman–Crippen LogP) is 3.12. The number of amides is 1. The number of para-hydroxylation sites is 1. The maximum atomic E-state index is 13.8. The maximum Gasteiger partial charge on any atom is 0.224 e. The Balaban J connectivity index is 1.44. The van der Waals surface area contributed by atoms with E-state index >= 15 is 0 Å². The Morgan fingerprint density at radius 2 is 1.64 bits per heavy atom. The molecule has 0 atom stereocenters. The lowest BCUT2D eigenvalue weighted by Gasteiger charge is -2.36. The summed E-state index contributed by atoms with van der Waals surface area (Å²) in [6, 6.07) is 12.8. The van der Waals surface area contributed by atoms with Crippen molar-refractivity contribution in [3.05, 3.63) is 60.2 Å². The molecule has 1 saturated heterocycles. The van der Waals surface area contributed by atoms with Gasteiger partial charge in [0.25, 0.3) is 0 Å². The number of hydrogen-bond donors (Lipinski definition) is 1. The minimum Gasteiger partial charge on any atom is -0.385 e. The number of nitrogens with one attached hydrogen (secondary N) is 1. The second kappa shape index (κ2) is 7.96. The van der Waals surface area contributed by atoms with Gasteiger partial charge in [0.05, 0.1) is 5.69 Å². The molecule has 3 rings (SSSR count). The van der Waals surface area contributed by atoms with Gasteiger partial charge in [-0.1, -0.05) is 12.1 Å². The van der Waals surface area contributed by atoms with Crippen LogP contribution in [0.4, 0.5) is 20.2 Å². The molecule has 25 heavy (non-hydrogen) atoms. The lowest BCUT2D eigenvalue weighted by molar-refractivity contribution is -0.131. The molecule has 0 saturated carbocycles. The zero-order valence-electron chi connectivity index (χ0n) is 13.9. The number of carbonyl (C=O) groups is 1. The average molecular weight is 345 g/mol. The Kier molecular flexibility index (Phi) is 5.48. The fourth-order valence-electron chi connectivity index (χ4n) is 2.94. The highest BCUT2D eigenvalue weighted by atomic mass is 19.1. The highest BCUT2D eigenvalue weighted by molar-refractivity contribution is 5.77. The molecule has 132 valence electrons. The average Bonchev–Trinajstić information content (AvgIpc) is 2.64. The Labute approximate surface area is 146 Å². The van der Waals surface area contributed by atoms with Crippen LogP contribution in [-0.4, -0.2) is 43.5 Å². The molecule has 4 nitrogen and oxygen atoms in total. The minimum absolute atomic E-state index is 0.0720. The van der Waals surface area contributed by atoms with E-state index in [9.17, 15) is 13.6 Å². The van der Waals surface area contributed by atoms with E-state index in [1.54, 1.807) is 24.3 Å². The lowest BCUT2D eigenvalue weighted by Crippen LogP contribution is -2.49. The van der Waals surface area contributed by atoms with Crippen molar-refractivity contribution in [2.45, 2.75) is 6.42 Å². The van der Waals surface area contributed by atoms with Gasteiger partial charge < -0.3 is 15.1 Å². The van der Waals surface area contributed by atoms with Crippen molar-refractivity contribution in [1.29, 1.82) is 0 Å². The van der Waals surface area contributed by atoms with Crippen molar-refractivity contribution in [2.75, 3.05) is 42.9 Å². The molecular formula is C19H21F2N3O. The highest BCUT2D eigenvalue weighted by Gasteiger charge is 2.22. The smallest absolute Gasteiger partial charge is 0.224 e. The Morgan fingerprint density at radius 3 is 2.32 bits per heavy atom. The van der Waals surface area contributed by atoms with Crippen LogP contribution < -0.4 is 10.2 Å². The molecule has 0 bridgehead atoms. The number of piperazine rings is 1. The van der Waals surface area contributed by atoms with E-state index in [-0.39, 0.29) is 17.5 Å². The van der Waals surface area contributed by atoms with Gasteiger partial charge in [0.15, 0.2) is 0 Å². The Bertz CT molecular complexity index is 713. The molecule has 1 heterocycles. The topological polar surface area (TPSA) is 35.6 Å². The van der Waals surface area contributed by atoms with E-state index in [2.05, 4.69) is 5.32 Å².